The molecule has 2 rings (SSSR count). The highest BCUT2D eigenvalue weighted by Gasteiger charge is 2.16. The summed E-state index contributed by atoms with van der Waals surface area (Å²) in [4.78, 5) is 11.2. The van der Waals surface area contributed by atoms with Crippen molar-refractivity contribution >= 4 is 27.3 Å². The number of hydrogen-bond acceptors (Lipinski definition) is 4. The van der Waals surface area contributed by atoms with E-state index in [0.29, 0.717) is 23.5 Å². The third-order valence-electron chi connectivity index (χ3n) is 3.40. The first-order valence-electron chi connectivity index (χ1n) is 7.43. The molecule has 0 radical (unpaired) electrons. The molecule has 0 bridgehead atoms. The summed E-state index contributed by atoms with van der Waals surface area (Å²) >= 11 is 0. The number of sulfonamides is 1. The fourth-order valence-corrected chi connectivity index (χ4v) is 3.35. The Morgan fingerprint density at radius 3 is 2.25 bits per heavy atom. The molecule has 0 fully saturated rings. The number of amides is 1. The highest BCUT2D eigenvalue weighted by atomic mass is 32.2. The molecule has 0 aliphatic heterocycles. The smallest absolute Gasteiger partial charge is 0.261 e. The van der Waals surface area contributed by atoms with E-state index in [4.69, 9.17) is 4.74 Å². The third-order valence-corrected chi connectivity index (χ3v) is 4.78. The van der Waals surface area contributed by atoms with Crippen molar-refractivity contribution in [1.82, 2.24) is 0 Å². The van der Waals surface area contributed by atoms with Crippen molar-refractivity contribution < 1.29 is 17.9 Å². The lowest BCUT2D eigenvalue weighted by Gasteiger charge is -2.12. The van der Waals surface area contributed by atoms with E-state index in [0.717, 1.165) is 5.56 Å². The molecule has 7 heteroatoms. The second kappa shape index (κ2) is 7.35. The van der Waals surface area contributed by atoms with Crippen molar-refractivity contribution in [2.45, 2.75) is 25.2 Å². The molecule has 0 atom stereocenters. The zero-order chi connectivity index (χ0) is 17.7. The molecular formula is C17H20N2O4S. The van der Waals surface area contributed by atoms with Gasteiger partial charge in [-0.25, -0.2) is 8.42 Å². The van der Waals surface area contributed by atoms with Gasteiger partial charge in [0.1, 0.15) is 5.75 Å². The lowest BCUT2D eigenvalue weighted by molar-refractivity contribution is -0.114. The highest BCUT2D eigenvalue weighted by molar-refractivity contribution is 7.92. The quantitative estimate of drug-likeness (QED) is 0.840. The molecule has 128 valence electrons. The molecule has 2 aromatic rings. The molecule has 6 nitrogen and oxygen atoms in total. The van der Waals surface area contributed by atoms with Crippen LogP contribution >= 0.6 is 0 Å². The number of methoxy groups -OCH3 is 1. The molecule has 0 saturated heterocycles. The normalized spacial score (nSPS) is 11.0. The maximum Gasteiger partial charge on any atom is 0.261 e. The fourth-order valence-electron chi connectivity index (χ4n) is 2.24. The van der Waals surface area contributed by atoms with E-state index >= 15 is 0 Å². The minimum atomic E-state index is -3.70. The topological polar surface area (TPSA) is 84.5 Å². The number of hydrogen-bond donors (Lipinski definition) is 2. The maximum absolute atomic E-state index is 12.5. The summed E-state index contributed by atoms with van der Waals surface area (Å²) < 4.78 is 32.8. The minimum Gasteiger partial charge on any atom is -0.496 e. The van der Waals surface area contributed by atoms with Gasteiger partial charge >= 0.3 is 0 Å². The number of benzene rings is 2. The largest absolute Gasteiger partial charge is 0.496 e. The SMILES string of the molecule is CCc1cc(S(=O)(=O)Nc2ccc(NC(C)=O)cc2)ccc1OC. The van der Waals surface area contributed by atoms with Gasteiger partial charge in [0.15, 0.2) is 0 Å². The molecule has 1 amide bonds. The number of carbonyl (C=O) groups excluding carboxylic acids is 1. The van der Waals surface area contributed by atoms with Gasteiger partial charge in [-0.15, -0.1) is 0 Å². The van der Waals surface area contributed by atoms with Gasteiger partial charge in [0.2, 0.25) is 5.91 Å². The zero-order valence-corrected chi connectivity index (χ0v) is 14.6. The molecule has 0 saturated carbocycles. The lowest BCUT2D eigenvalue weighted by Crippen LogP contribution is -2.13. The average Bonchev–Trinajstić information content (AvgIpc) is 2.55. The van der Waals surface area contributed by atoms with Gasteiger partial charge in [0.05, 0.1) is 12.0 Å². The van der Waals surface area contributed by atoms with Crippen LogP contribution in [0.3, 0.4) is 0 Å². The van der Waals surface area contributed by atoms with E-state index in [2.05, 4.69) is 10.0 Å². The maximum atomic E-state index is 12.5. The second-order valence-electron chi connectivity index (χ2n) is 5.19. The van der Waals surface area contributed by atoms with Crippen LogP contribution in [0.1, 0.15) is 19.4 Å². The Morgan fingerprint density at radius 1 is 1.08 bits per heavy atom. The number of anilines is 2. The number of rotatable bonds is 6. The Kier molecular flexibility index (Phi) is 5.46. The van der Waals surface area contributed by atoms with Crippen LogP contribution in [0.4, 0.5) is 11.4 Å². The van der Waals surface area contributed by atoms with Crippen LogP contribution in [0.15, 0.2) is 47.4 Å². The van der Waals surface area contributed by atoms with E-state index in [-0.39, 0.29) is 10.8 Å². The number of nitrogens with one attached hydrogen (secondary N) is 2. The Morgan fingerprint density at radius 2 is 1.71 bits per heavy atom. The first-order valence-corrected chi connectivity index (χ1v) is 8.91. The monoisotopic (exact) mass is 348 g/mol. The summed E-state index contributed by atoms with van der Waals surface area (Å²) in [5.41, 5.74) is 1.84. The van der Waals surface area contributed by atoms with E-state index in [1.807, 2.05) is 6.92 Å². The summed E-state index contributed by atoms with van der Waals surface area (Å²) in [5.74, 6) is 0.477. The van der Waals surface area contributed by atoms with Gasteiger partial charge in [-0.05, 0) is 54.4 Å². The lowest BCUT2D eigenvalue weighted by atomic mass is 10.1. The predicted molar refractivity (Wildman–Crippen MR) is 93.9 cm³/mol. The van der Waals surface area contributed by atoms with Gasteiger partial charge in [-0.1, -0.05) is 6.92 Å². The van der Waals surface area contributed by atoms with Crippen LogP contribution in [0.5, 0.6) is 5.75 Å². The van der Waals surface area contributed by atoms with Crippen molar-refractivity contribution in [1.29, 1.82) is 0 Å². The van der Waals surface area contributed by atoms with Crippen molar-refractivity contribution in [2.75, 3.05) is 17.1 Å². The van der Waals surface area contributed by atoms with Crippen molar-refractivity contribution in [2.24, 2.45) is 0 Å². The molecule has 0 aromatic heterocycles. The van der Waals surface area contributed by atoms with Crippen molar-refractivity contribution in [3.8, 4) is 5.75 Å². The molecule has 0 aliphatic rings. The molecule has 24 heavy (non-hydrogen) atoms. The Labute approximate surface area is 141 Å². The standard InChI is InChI=1S/C17H20N2O4S/c1-4-13-11-16(9-10-17(13)23-3)24(21,22)19-15-7-5-14(6-8-15)18-12(2)20/h5-11,19H,4H2,1-3H3,(H,18,20). The second-order valence-corrected chi connectivity index (χ2v) is 6.87. The first kappa shape index (κ1) is 17.8. The van der Waals surface area contributed by atoms with E-state index in [1.54, 1.807) is 43.5 Å². The van der Waals surface area contributed by atoms with Gasteiger partial charge in [0.25, 0.3) is 10.0 Å². The first-order chi connectivity index (χ1) is 11.4. The van der Waals surface area contributed by atoms with E-state index in [1.165, 1.54) is 13.0 Å². The Balaban J connectivity index is 2.23. The molecular weight excluding hydrogens is 328 g/mol. The molecule has 2 N–H and O–H groups in total. The van der Waals surface area contributed by atoms with Gasteiger partial charge in [-0.2, -0.15) is 0 Å². The molecule has 0 spiro atoms. The zero-order valence-electron chi connectivity index (χ0n) is 13.8. The Hall–Kier alpha value is -2.54. The van der Waals surface area contributed by atoms with Gasteiger partial charge in [-0.3, -0.25) is 9.52 Å². The van der Waals surface area contributed by atoms with Crippen molar-refractivity contribution in [3.63, 3.8) is 0 Å². The average molecular weight is 348 g/mol. The minimum absolute atomic E-state index is 0.172. The van der Waals surface area contributed by atoms with Gasteiger partial charge < -0.3 is 10.1 Å². The predicted octanol–water partition coefficient (Wildman–Crippen LogP) is 3.02. The van der Waals surface area contributed by atoms with Crippen molar-refractivity contribution in [3.05, 3.63) is 48.0 Å². The highest BCUT2D eigenvalue weighted by Crippen LogP contribution is 2.24. The van der Waals surface area contributed by atoms with Crippen LogP contribution < -0.4 is 14.8 Å². The third kappa shape index (κ3) is 4.26. The van der Waals surface area contributed by atoms with E-state index < -0.39 is 10.0 Å². The number of carbonyl (C=O) groups is 1. The van der Waals surface area contributed by atoms with E-state index in [9.17, 15) is 13.2 Å². The Bertz CT molecular complexity index is 830. The summed E-state index contributed by atoms with van der Waals surface area (Å²) in [5, 5.41) is 2.62. The summed E-state index contributed by atoms with van der Waals surface area (Å²) in [6.07, 6.45) is 0.665. The molecule has 0 heterocycles. The number of ether oxygens (including phenoxy) is 1. The van der Waals surface area contributed by atoms with Gasteiger partial charge in [0, 0.05) is 18.3 Å². The molecule has 0 aliphatic carbocycles. The van der Waals surface area contributed by atoms with Crippen LogP contribution in [-0.4, -0.2) is 21.4 Å². The fraction of sp³-hybridized carbons (Fsp3) is 0.235. The van der Waals surface area contributed by atoms with Crippen LogP contribution in [0, 0.1) is 0 Å². The molecule has 2 aromatic carbocycles. The van der Waals surface area contributed by atoms with Crippen LogP contribution in [0.25, 0.3) is 0 Å². The molecule has 0 unspecified atom stereocenters. The summed E-state index contributed by atoms with van der Waals surface area (Å²) in [7, 11) is -2.15. The van der Waals surface area contributed by atoms with Crippen LogP contribution in [-0.2, 0) is 21.2 Å². The number of aryl methyl sites for hydroxylation is 1. The summed E-state index contributed by atoms with van der Waals surface area (Å²) in [6.45, 7) is 3.34. The van der Waals surface area contributed by atoms with Crippen LogP contribution in [0.2, 0.25) is 0 Å². The summed E-state index contributed by atoms with van der Waals surface area (Å²) in [6, 6.07) is 11.2.